The van der Waals surface area contributed by atoms with E-state index in [0.29, 0.717) is 23.7 Å². The molecule has 1 atom stereocenters. The van der Waals surface area contributed by atoms with Gasteiger partial charge in [0.05, 0.1) is 13.5 Å². The minimum atomic E-state index is -5.08. The number of pyridine rings is 1. The normalized spacial score (nSPS) is 13.3. The van der Waals surface area contributed by atoms with Gasteiger partial charge in [-0.05, 0) is 55.0 Å². The zero-order valence-electron chi connectivity index (χ0n) is 21.5. The number of halogens is 4. The molecular formula is C26H28F4N4O6. The van der Waals surface area contributed by atoms with Gasteiger partial charge < -0.3 is 24.8 Å². The van der Waals surface area contributed by atoms with Crippen LogP contribution in [0.5, 0.6) is 5.75 Å². The number of methoxy groups -OCH3 is 1. The van der Waals surface area contributed by atoms with Crippen molar-refractivity contribution in [2.75, 3.05) is 19.0 Å². The number of carboxylic acid groups (broad SMARTS) is 2. The van der Waals surface area contributed by atoms with E-state index in [1.54, 1.807) is 6.07 Å². The van der Waals surface area contributed by atoms with E-state index in [9.17, 15) is 27.5 Å². The summed E-state index contributed by atoms with van der Waals surface area (Å²) in [5.74, 6) is -2.78. The average molecular weight is 569 g/mol. The summed E-state index contributed by atoms with van der Waals surface area (Å²) in [6.45, 7) is 0.959. The van der Waals surface area contributed by atoms with Crippen LogP contribution >= 0.6 is 0 Å². The molecule has 0 saturated heterocycles. The van der Waals surface area contributed by atoms with Crippen LogP contribution in [0.1, 0.15) is 53.7 Å². The van der Waals surface area contributed by atoms with Crippen LogP contribution in [0, 0.1) is 5.82 Å². The Morgan fingerprint density at radius 2 is 1.90 bits per heavy atom. The summed E-state index contributed by atoms with van der Waals surface area (Å²) in [6, 6.07) is 8.65. The zero-order valence-corrected chi connectivity index (χ0v) is 21.5. The molecule has 3 aromatic rings. The summed E-state index contributed by atoms with van der Waals surface area (Å²) in [5.41, 5.74) is 2.83. The fourth-order valence-corrected chi connectivity index (χ4v) is 4.08. The number of ether oxygens (including phenoxy) is 1. The van der Waals surface area contributed by atoms with Gasteiger partial charge in [0.2, 0.25) is 5.89 Å². The molecule has 10 nitrogen and oxygen atoms in total. The third kappa shape index (κ3) is 8.92. The minimum Gasteiger partial charge on any atom is -0.494 e. The van der Waals surface area contributed by atoms with Crippen molar-refractivity contribution in [1.29, 1.82) is 0 Å². The van der Waals surface area contributed by atoms with Crippen molar-refractivity contribution in [2.45, 2.75) is 57.0 Å². The molecule has 2 aromatic heterocycles. The van der Waals surface area contributed by atoms with E-state index in [2.05, 4.69) is 27.6 Å². The van der Waals surface area contributed by atoms with Crippen LogP contribution in [0.3, 0.4) is 0 Å². The number of alkyl halides is 3. The highest BCUT2D eigenvalue weighted by atomic mass is 19.4. The number of rotatable bonds is 10. The number of anilines is 1. The van der Waals surface area contributed by atoms with Crippen molar-refractivity contribution in [3.8, 4) is 5.75 Å². The predicted octanol–water partition coefficient (Wildman–Crippen LogP) is 4.58. The highest BCUT2D eigenvalue weighted by molar-refractivity contribution is 5.73. The Kier molecular flexibility index (Phi) is 10.4. The van der Waals surface area contributed by atoms with Crippen LogP contribution in [0.25, 0.3) is 0 Å². The van der Waals surface area contributed by atoms with E-state index < -0.39 is 29.9 Å². The molecule has 0 amide bonds. The Morgan fingerprint density at radius 1 is 1.15 bits per heavy atom. The van der Waals surface area contributed by atoms with Gasteiger partial charge >= 0.3 is 18.1 Å². The molecule has 0 bridgehead atoms. The maximum Gasteiger partial charge on any atom is 0.490 e. The number of nitrogens with zero attached hydrogens (tertiary/aromatic N) is 3. The lowest BCUT2D eigenvalue weighted by Crippen LogP contribution is -2.21. The lowest BCUT2D eigenvalue weighted by Gasteiger charge is -2.17. The van der Waals surface area contributed by atoms with Crippen molar-refractivity contribution in [3.63, 3.8) is 0 Å². The van der Waals surface area contributed by atoms with E-state index in [1.165, 1.54) is 24.8 Å². The molecule has 14 heteroatoms. The van der Waals surface area contributed by atoms with Crippen LogP contribution in [0.2, 0.25) is 0 Å². The van der Waals surface area contributed by atoms with Crippen molar-refractivity contribution < 1.29 is 46.6 Å². The van der Waals surface area contributed by atoms with Crippen LogP contribution < -0.4 is 10.1 Å². The molecule has 1 aliphatic rings. The molecular weight excluding hydrogens is 540 g/mol. The van der Waals surface area contributed by atoms with E-state index >= 15 is 0 Å². The Bertz CT molecular complexity index is 1310. The molecule has 3 N–H and O–H groups in total. The molecule has 1 unspecified atom stereocenters. The van der Waals surface area contributed by atoms with Crippen molar-refractivity contribution in [3.05, 3.63) is 64.7 Å². The van der Waals surface area contributed by atoms with Crippen LogP contribution in [0.4, 0.5) is 23.4 Å². The molecule has 1 aliphatic heterocycles. The Hall–Kier alpha value is -4.23. The molecule has 4 rings (SSSR count). The molecule has 0 saturated carbocycles. The van der Waals surface area contributed by atoms with Gasteiger partial charge in [0.25, 0.3) is 0 Å². The number of carbonyl (C=O) groups is 2. The number of aliphatic carboxylic acids is 2. The maximum absolute atomic E-state index is 14.1. The summed E-state index contributed by atoms with van der Waals surface area (Å²) in [5, 5.41) is 23.8. The van der Waals surface area contributed by atoms with Gasteiger partial charge in [-0.1, -0.05) is 17.3 Å². The molecule has 0 aliphatic carbocycles. The fourth-order valence-electron chi connectivity index (χ4n) is 4.08. The van der Waals surface area contributed by atoms with E-state index in [0.717, 1.165) is 43.7 Å². The second-order valence-electron chi connectivity index (χ2n) is 8.99. The number of fused-ring (bicyclic) bond motifs is 1. The van der Waals surface area contributed by atoms with E-state index in [1.807, 2.05) is 0 Å². The van der Waals surface area contributed by atoms with Crippen molar-refractivity contribution in [1.82, 2.24) is 15.1 Å². The lowest BCUT2D eigenvalue weighted by atomic mass is 9.92. The minimum absolute atomic E-state index is 0.108. The fraction of sp³-hybridized carbons (Fsp3) is 0.423. The monoisotopic (exact) mass is 568 g/mol. The number of hydrogen-bond donors (Lipinski definition) is 3. The lowest BCUT2D eigenvalue weighted by molar-refractivity contribution is -0.192. The van der Waals surface area contributed by atoms with Gasteiger partial charge in [-0.3, -0.25) is 4.79 Å². The van der Waals surface area contributed by atoms with Gasteiger partial charge in [0.1, 0.15) is 5.82 Å². The van der Waals surface area contributed by atoms with Crippen molar-refractivity contribution >= 4 is 17.8 Å². The summed E-state index contributed by atoms with van der Waals surface area (Å²) in [7, 11) is 1.38. The summed E-state index contributed by atoms with van der Waals surface area (Å²) >= 11 is 0. The number of nitrogens with one attached hydrogen (secondary N) is 1. The quantitative estimate of drug-likeness (QED) is 0.297. The number of carboxylic acids is 2. The van der Waals surface area contributed by atoms with Crippen LogP contribution in [0.15, 0.2) is 34.9 Å². The van der Waals surface area contributed by atoms with E-state index in [-0.39, 0.29) is 18.6 Å². The summed E-state index contributed by atoms with van der Waals surface area (Å²) in [6.07, 6.45) is -0.623. The Balaban J connectivity index is 0.000000559. The van der Waals surface area contributed by atoms with Gasteiger partial charge in [-0.25, -0.2) is 14.2 Å². The van der Waals surface area contributed by atoms with Gasteiger partial charge in [-0.15, -0.1) is 0 Å². The Labute approximate surface area is 226 Å². The second-order valence-corrected chi connectivity index (χ2v) is 8.99. The molecule has 3 heterocycles. The molecule has 1 aromatic carbocycles. The second kappa shape index (κ2) is 13.7. The standard InChI is InChI=1S/C24H27FN4O4.C2HF3O2/c1-32-20-10-8-16(12-19(20)25)17(14-23(30)31)13-22-28-21(29-33-22)6-2-5-18-9-7-15-4-3-11-26-24(15)27-18;3-2(4,5)1(6)7/h7-10,12,17H,2-6,11,13-14H2,1H3,(H,26,27)(H,30,31);(H,6,7). The molecule has 0 fully saturated rings. The first-order chi connectivity index (χ1) is 19.0. The first-order valence-electron chi connectivity index (χ1n) is 12.4. The largest absolute Gasteiger partial charge is 0.494 e. The zero-order chi connectivity index (χ0) is 29.3. The number of aromatic nitrogens is 3. The third-order valence-electron chi connectivity index (χ3n) is 6.03. The first kappa shape index (κ1) is 30.3. The van der Waals surface area contributed by atoms with Gasteiger partial charge in [-0.2, -0.15) is 18.2 Å². The third-order valence-corrected chi connectivity index (χ3v) is 6.03. The molecule has 216 valence electrons. The van der Waals surface area contributed by atoms with E-state index in [4.69, 9.17) is 24.1 Å². The molecule has 40 heavy (non-hydrogen) atoms. The number of hydrogen-bond acceptors (Lipinski definition) is 8. The summed E-state index contributed by atoms with van der Waals surface area (Å²) < 4.78 is 56.2. The first-order valence-corrected chi connectivity index (χ1v) is 12.4. The van der Waals surface area contributed by atoms with Gasteiger partial charge in [0.15, 0.2) is 17.4 Å². The van der Waals surface area contributed by atoms with Crippen LogP contribution in [-0.4, -0.2) is 57.1 Å². The number of aryl methyl sites for hydroxylation is 3. The maximum atomic E-state index is 14.1. The highest BCUT2D eigenvalue weighted by Crippen LogP contribution is 2.28. The topological polar surface area (TPSA) is 148 Å². The van der Waals surface area contributed by atoms with Crippen LogP contribution in [-0.2, 0) is 35.3 Å². The van der Waals surface area contributed by atoms with Gasteiger partial charge in [0, 0.05) is 31.0 Å². The Morgan fingerprint density at radius 3 is 2.55 bits per heavy atom. The SMILES string of the molecule is COc1ccc(C(CC(=O)O)Cc2nc(CCCc3ccc4c(n3)NCCC4)no2)cc1F.O=C(O)C(F)(F)F. The van der Waals surface area contributed by atoms with Crippen molar-refractivity contribution in [2.24, 2.45) is 0 Å². The highest BCUT2D eigenvalue weighted by Gasteiger charge is 2.38. The molecule has 0 spiro atoms. The smallest absolute Gasteiger partial charge is 0.490 e. The summed E-state index contributed by atoms with van der Waals surface area (Å²) in [4.78, 5) is 29.4. The number of benzene rings is 1. The average Bonchev–Trinajstić information content (AvgIpc) is 3.35. The molecule has 0 radical (unpaired) electrons. The predicted molar refractivity (Wildman–Crippen MR) is 133 cm³/mol.